The van der Waals surface area contributed by atoms with E-state index in [0.717, 1.165) is 5.75 Å². The van der Waals surface area contributed by atoms with E-state index in [1.165, 1.54) is 0 Å². The van der Waals surface area contributed by atoms with Gasteiger partial charge in [0.25, 0.3) is 0 Å². The lowest BCUT2D eigenvalue weighted by Crippen LogP contribution is -2.36. The molecule has 0 aliphatic rings. The van der Waals surface area contributed by atoms with Gasteiger partial charge in [0, 0.05) is 0 Å². The fraction of sp³-hybridized carbons (Fsp3) is 0.364. The maximum Gasteiger partial charge on any atom is 0.226 e. The minimum atomic E-state index is -0.629. The molecule has 0 bridgehead atoms. The minimum Gasteiger partial charge on any atom is -0.492 e. The van der Waals surface area contributed by atoms with Crippen LogP contribution < -0.4 is 10.5 Å². The molecule has 0 heterocycles. The van der Waals surface area contributed by atoms with Gasteiger partial charge in [0.1, 0.15) is 12.4 Å². The molecule has 0 atom stereocenters. The molecule has 3 nitrogen and oxygen atoms in total. The van der Waals surface area contributed by atoms with Gasteiger partial charge in [-0.05, 0) is 26.0 Å². The van der Waals surface area contributed by atoms with Crippen LogP contribution in [0.5, 0.6) is 5.75 Å². The van der Waals surface area contributed by atoms with Crippen LogP contribution in [0.4, 0.5) is 0 Å². The first kappa shape index (κ1) is 10.6. The molecule has 0 unspecified atom stereocenters. The third kappa shape index (κ3) is 2.76. The van der Waals surface area contributed by atoms with Crippen molar-refractivity contribution in [1.82, 2.24) is 0 Å². The van der Waals surface area contributed by atoms with Crippen LogP contribution in [0.3, 0.4) is 0 Å². The predicted octanol–water partition coefficient (Wildman–Crippen LogP) is 1.58. The molecule has 0 aliphatic heterocycles. The average molecular weight is 193 g/mol. The number of carbonyl (C=O) groups is 1. The van der Waals surface area contributed by atoms with Crippen molar-refractivity contribution in [2.75, 3.05) is 6.61 Å². The largest absolute Gasteiger partial charge is 0.492 e. The van der Waals surface area contributed by atoms with E-state index in [0.29, 0.717) is 6.61 Å². The van der Waals surface area contributed by atoms with E-state index < -0.39 is 5.41 Å². The molecule has 3 heteroatoms. The van der Waals surface area contributed by atoms with Crippen LogP contribution in [0.25, 0.3) is 0 Å². The molecule has 2 N–H and O–H groups in total. The first-order valence-electron chi connectivity index (χ1n) is 4.50. The summed E-state index contributed by atoms with van der Waals surface area (Å²) in [5, 5.41) is 0. The highest BCUT2D eigenvalue weighted by atomic mass is 16.5. The minimum absolute atomic E-state index is 0.298. The third-order valence-corrected chi connectivity index (χ3v) is 2.01. The summed E-state index contributed by atoms with van der Waals surface area (Å²) in [7, 11) is 0. The van der Waals surface area contributed by atoms with Gasteiger partial charge in [-0.3, -0.25) is 4.79 Å². The third-order valence-electron chi connectivity index (χ3n) is 2.01. The molecule has 1 amide bonds. The van der Waals surface area contributed by atoms with Gasteiger partial charge in [-0.2, -0.15) is 0 Å². The highest BCUT2D eigenvalue weighted by Crippen LogP contribution is 2.17. The van der Waals surface area contributed by atoms with Gasteiger partial charge in [-0.1, -0.05) is 18.2 Å². The molecule has 0 radical (unpaired) electrons. The van der Waals surface area contributed by atoms with Gasteiger partial charge in [0.15, 0.2) is 0 Å². The topological polar surface area (TPSA) is 52.3 Å². The number of hydrogen-bond donors (Lipinski definition) is 1. The van der Waals surface area contributed by atoms with Crippen LogP contribution in [-0.2, 0) is 4.79 Å². The van der Waals surface area contributed by atoms with Gasteiger partial charge in [-0.25, -0.2) is 0 Å². The van der Waals surface area contributed by atoms with Crippen molar-refractivity contribution in [1.29, 1.82) is 0 Å². The molecular weight excluding hydrogens is 178 g/mol. The maximum absolute atomic E-state index is 11.0. The van der Waals surface area contributed by atoms with E-state index >= 15 is 0 Å². The summed E-state index contributed by atoms with van der Waals surface area (Å²) in [6, 6.07) is 9.36. The number of hydrogen-bond acceptors (Lipinski definition) is 2. The molecule has 0 fully saturated rings. The van der Waals surface area contributed by atoms with Gasteiger partial charge >= 0.3 is 0 Å². The Kier molecular flexibility index (Phi) is 3.12. The van der Waals surface area contributed by atoms with E-state index in [-0.39, 0.29) is 5.91 Å². The second-order valence-electron chi connectivity index (χ2n) is 3.85. The molecule has 14 heavy (non-hydrogen) atoms. The molecule has 1 aromatic rings. The molecule has 0 aromatic heterocycles. The van der Waals surface area contributed by atoms with Crippen molar-refractivity contribution in [2.24, 2.45) is 11.1 Å². The predicted molar refractivity (Wildman–Crippen MR) is 54.9 cm³/mol. The SMILES string of the molecule is CC(C)(COc1ccccc1)C(N)=O. The number of benzene rings is 1. The monoisotopic (exact) mass is 193 g/mol. The lowest BCUT2D eigenvalue weighted by Gasteiger charge is -2.20. The number of ether oxygens (including phenoxy) is 1. The fourth-order valence-corrected chi connectivity index (χ4v) is 0.852. The maximum atomic E-state index is 11.0. The Labute approximate surface area is 83.9 Å². The Morgan fingerprint density at radius 1 is 1.36 bits per heavy atom. The van der Waals surface area contributed by atoms with Crippen molar-refractivity contribution in [3.05, 3.63) is 30.3 Å². The van der Waals surface area contributed by atoms with Crippen molar-refractivity contribution < 1.29 is 9.53 Å². The van der Waals surface area contributed by atoms with Crippen LogP contribution in [0.2, 0.25) is 0 Å². The molecule has 1 rings (SSSR count). The first-order chi connectivity index (χ1) is 6.52. The van der Waals surface area contributed by atoms with Gasteiger partial charge < -0.3 is 10.5 Å². The summed E-state index contributed by atoms with van der Waals surface area (Å²) < 4.78 is 5.43. The van der Waals surface area contributed by atoms with E-state index in [1.807, 2.05) is 30.3 Å². The molecule has 0 spiro atoms. The van der Waals surface area contributed by atoms with E-state index in [2.05, 4.69) is 0 Å². The van der Waals surface area contributed by atoms with Crippen molar-refractivity contribution in [2.45, 2.75) is 13.8 Å². The Balaban J connectivity index is 2.53. The van der Waals surface area contributed by atoms with Crippen molar-refractivity contribution in [3.63, 3.8) is 0 Å². The van der Waals surface area contributed by atoms with Crippen LogP contribution in [0, 0.1) is 5.41 Å². The average Bonchev–Trinajstić information content (AvgIpc) is 2.16. The Bertz CT molecular complexity index is 306. The highest BCUT2D eigenvalue weighted by molar-refractivity contribution is 5.80. The van der Waals surface area contributed by atoms with Crippen LogP contribution in [0.1, 0.15) is 13.8 Å². The summed E-state index contributed by atoms with van der Waals surface area (Å²) in [5.74, 6) is 0.398. The van der Waals surface area contributed by atoms with E-state index in [9.17, 15) is 4.79 Å². The molecule has 1 aromatic carbocycles. The normalized spacial score (nSPS) is 11.0. The molecule has 76 valence electrons. The van der Waals surface area contributed by atoms with Crippen LogP contribution >= 0.6 is 0 Å². The quantitative estimate of drug-likeness (QED) is 0.789. The van der Waals surface area contributed by atoms with Gasteiger partial charge in [-0.15, -0.1) is 0 Å². The summed E-state index contributed by atoms with van der Waals surface area (Å²) >= 11 is 0. The summed E-state index contributed by atoms with van der Waals surface area (Å²) in [6.45, 7) is 3.82. The van der Waals surface area contributed by atoms with E-state index in [1.54, 1.807) is 13.8 Å². The second-order valence-corrected chi connectivity index (χ2v) is 3.85. The number of para-hydroxylation sites is 1. The van der Waals surface area contributed by atoms with E-state index in [4.69, 9.17) is 10.5 Å². The Hall–Kier alpha value is -1.51. The Morgan fingerprint density at radius 3 is 2.43 bits per heavy atom. The fourth-order valence-electron chi connectivity index (χ4n) is 0.852. The molecular formula is C11H15NO2. The van der Waals surface area contributed by atoms with Crippen molar-refractivity contribution >= 4 is 5.91 Å². The Morgan fingerprint density at radius 2 is 1.93 bits per heavy atom. The number of primary amides is 1. The highest BCUT2D eigenvalue weighted by Gasteiger charge is 2.25. The number of amides is 1. The zero-order valence-electron chi connectivity index (χ0n) is 8.49. The lowest BCUT2D eigenvalue weighted by molar-refractivity contribution is -0.127. The molecule has 0 saturated heterocycles. The lowest BCUT2D eigenvalue weighted by atomic mass is 9.94. The van der Waals surface area contributed by atoms with Crippen molar-refractivity contribution in [3.8, 4) is 5.75 Å². The second kappa shape index (κ2) is 4.13. The molecule has 0 aliphatic carbocycles. The standard InChI is InChI=1S/C11H15NO2/c1-11(2,10(12)13)8-14-9-6-4-3-5-7-9/h3-7H,8H2,1-2H3,(H2,12,13). The van der Waals surface area contributed by atoms with Crippen LogP contribution in [0.15, 0.2) is 30.3 Å². The zero-order chi connectivity index (χ0) is 10.6. The number of rotatable bonds is 4. The number of nitrogens with two attached hydrogens (primary N) is 1. The zero-order valence-corrected chi connectivity index (χ0v) is 8.49. The summed E-state index contributed by atoms with van der Waals surface area (Å²) in [6.07, 6.45) is 0. The first-order valence-corrected chi connectivity index (χ1v) is 4.50. The van der Waals surface area contributed by atoms with Gasteiger partial charge in [0.05, 0.1) is 5.41 Å². The molecule has 0 saturated carbocycles. The smallest absolute Gasteiger partial charge is 0.226 e. The summed E-state index contributed by atoms with van der Waals surface area (Å²) in [4.78, 5) is 11.0. The summed E-state index contributed by atoms with van der Waals surface area (Å²) in [5.41, 5.74) is 4.59. The number of carbonyl (C=O) groups excluding carboxylic acids is 1. The van der Waals surface area contributed by atoms with Gasteiger partial charge in [0.2, 0.25) is 5.91 Å². The van der Waals surface area contributed by atoms with Crippen LogP contribution in [-0.4, -0.2) is 12.5 Å².